The number of hydrogen-bond acceptors (Lipinski definition) is 5. The van der Waals surface area contributed by atoms with Crippen LogP contribution in [0.15, 0.2) is 18.2 Å². The minimum atomic E-state index is 0.306. The van der Waals surface area contributed by atoms with Gasteiger partial charge in [-0.15, -0.1) is 0 Å². The van der Waals surface area contributed by atoms with Crippen molar-refractivity contribution in [2.75, 3.05) is 6.79 Å². The van der Waals surface area contributed by atoms with Gasteiger partial charge in [0.1, 0.15) is 5.01 Å². The van der Waals surface area contributed by atoms with Crippen LogP contribution in [0.25, 0.3) is 0 Å². The van der Waals surface area contributed by atoms with Crippen LogP contribution in [0, 0.1) is 3.95 Å². The van der Waals surface area contributed by atoms with E-state index in [2.05, 4.69) is 10.2 Å². The molecule has 1 aliphatic rings. The summed E-state index contributed by atoms with van der Waals surface area (Å²) in [6, 6.07) is 5.91. The van der Waals surface area contributed by atoms with Crippen molar-refractivity contribution in [1.29, 1.82) is 0 Å². The fraction of sp³-hybridized carbons (Fsp3) is 0.200. The van der Waals surface area contributed by atoms with Crippen LogP contribution in [0.4, 0.5) is 0 Å². The molecular formula is C10H8N2O2S2. The Morgan fingerprint density at radius 1 is 1.38 bits per heavy atom. The van der Waals surface area contributed by atoms with Gasteiger partial charge in [-0.2, -0.15) is 5.10 Å². The van der Waals surface area contributed by atoms with E-state index in [0.717, 1.165) is 28.5 Å². The predicted molar refractivity (Wildman–Crippen MR) is 62.7 cm³/mol. The molecule has 2 aromatic rings. The highest BCUT2D eigenvalue weighted by molar-refractivity contribution is 7.73. The molecule has 1 aromatic carbocycles. The lowest BCUT2D eigenvalue weighted by Gasteiger charge is -1.99. The lowest BCUT2D eigenvalue weighted by molar-refractivity contribution is 0.174. The van der Waals surface area contributed by atoms with Crippen molar-refractivity contribution in [1.82, 2.24) is 10.2 Å². The summed E-state index contributed by atoms with van der Waals surface area (Å²) in [6.07, 6.45) is 0.758. The zero-order valence-electron chi connectivity index (χ0n) is 8.23. The molecule has 0 spiro atoms. The van der Waals surface area contributed by atoms with Gasteiger partial charge in [0.05, 0.1) is 0 Å². The van der Waals surface area contributed by atoms with E-state index in [1.54, 1.807) is 0 Å². The molecule has 0 saturated heterocycles. The highest BCUT2D eigenvalue weighted by Gasteiger charge is 2.13. The van der Waals surface area contributed by atoms with Gasteiger partial charge in [-0.05, 0) is 29.9 Å². The van der Waals surface area contributed by atoms with Gasteiger partial charge in [0, 0.05) is 6.42 Å². The molecule has 0 unspecified atom stereocenters. The Morgan fingerprint density at radius 3 is 3.06 bits per heavy atom. The van der Waals surface area contributed by atoms with E-state index in [0.29, 0.717) is 10.7 Å². The molecule has 0 fully saturated rings. The van der Waals surface area contributed by atoms with Gasteiger partial charge < -0.3 is 9.47 Å². The zero-order valence-corrected chi connectivity index (χ0v) is 9.86. The maximum atomic E-state index is 5.31. The molecule has 4 nitrogen and oxygen atoms in total. The van der Waals surface area contributed by atoms with E-state index >= 15 is 0 Å². The summed E-state index contributed by atoms with van der Waals surface area (Å²) in [7, 11) is 0. The smallest absolute Gasteiger partial charge is 0.231 e. The maximum absolute atomic E-state index is 5.31. The summed E-state index contributed by atoms with van der Waals surface area (Å²) >= 11 is 6.48. The third-order valence-electron chi connectivity index (χ3n) is 2.27. The third kappa shape index (κ3) is 1.81. The molecule has 0 aliphatic carbocycles. The summed E-state index contributed by atoms with van der Waals surface area (Å²) in [6.45, 7) is 0.306. The fourth-order valence-electron chi connectivity index (χ4n) is 1.56. The Labute approximate surface area is 101 Å². The molecule has 1 aliphatic heterocycles. The lowest BCUT2D eigenvalue weighted by atomic mass is 10.1. The summed E-state index contributed by atoms with van der Waals surface area (Å²) in [5.74, 6) is 1.61. The van der Waals surface area contributed by atoms with Gasteiger partial charge in [0.2, 0.25) is 6.79 Å². The molecule has 0 atom stereocenters. The van der Waals surface area contributed by atoms with E-state index in [-0.39, 0.29) is 0 Å². The SMILES string of the molecule is S=c1[nH]nc(Cc2ccc3c(c2)OCO3)s1. The number of ether oxygens (including phenoxy) is 2. The lowest BCUT2D eigenvalue weighted by Crippen LogP contribution is -1.93. The molecule has 0 saturated carbocycles. The molecule has 0 bridgehead atoms. The minimum Gasteiger partial charge on any atom is -0.454 e. The van der Waals surface area contributed by atoms with E-state index in [4.69, 9.17) is 21.7 Å². The van der Waals surface area contributed by atoms with Crippen molar-refractivity contribution >= 4 is 23.6 Å². The number of aromatic amines is 1. The van der Waals surface area contributed by atoms with Crippen molar-refractivity contribution in [3.05, 3.63) is 32.7 Å². The second kappa shape index (κ2) is 3.88. The highest BCUT2D eigenvalue weighted by Crippen LogP contribution is 2.33. The minimum absolute atomic E-state index is 0.306. The Bertz CT molecular complexity index is 576. The molecule has 2 heterocycles. The van der Waals surface area contributed by atoms with Crippen molar-refractivity contribution in [3.63, 3.8) is 0 Å². The largest absolute Gasteiger partial charge is 0.454 e. The van der Waals surface area contributed by atoms with E-state index in [1.807, 2.05) is 18.2 Å². The highest BCUT2D eigenvalue weighted by atomic mass is 32.1. The van der Waals surface area contributed by atoms with E-state index in [1.165, 1.54) is 11.3 Å². The number of aromatic nitrogens is 2. The third-order valence-corrected chi connectivity index (χ3v) is 3.36. The van der Waals surface area contributed by atoms with Crippen LogP contribution in [0.3, 0.4) is 0 Å². The summed E-state index contributed by atoms with van der Waals surface area (Å²) in [5, 5.41) is 7.87. The predicted octanol–water partition coefficient (Wildman–Crippen LogP) is 2.52. The van der Waals surface area contributed by atoms with Crippen LogP contribution in [-0.4, -0.2) is 17.0 Å². The molecule has 1 N–H and O–H groups in total. The van der Waals surface area contributed by atoms with Gasteiger partial charge in [0.15, 0.2) is 15.5 Å². The van der Waals surface area contributed by atoms with Gasteiger partial charge >= 0.3 is 0 Å². The summed E-state index contributed by atoms with van der Waals surface area (Å²) in [5.41, 5.74) is 1.14. The molecule has 1 aromatic heterocycles. The standard InChI is InChI=1S/C10H8N2O2S2/c15-10-12-11-9(16-10)4-6-1-2-7-8(3-6)14-5-13-7/h1-3H,4-5H2,(H,12,15). The summed E-state index contributed by atoms with van der Waals surface area (Å²) < 4.78 is 11.3. The van der Waals surface area contributed by atoms with Crippen molar-refractivity contribution in [3.8, 4) is 11.5 Å². The van der Waals surface area contributed by atoms with Crippen LogP contribution in [0.1, 0.15) is 10.6 Å². The number of benzene rings is 1. The number of nitrogens with one attached hydrogen (secondary N) is 1. The summed E-state index contributed by atoms with van der Waals surface area (Å²) in [4.78, 5) is 0. The molecule has 0 amide bonds. The Hall–Kier alpha value is -1.40. The van der Waals surface area contributed by atoms with E-state index in [9.17, 15) is 0 Å². The number of fused-ring (bicyclic) bond motifs is 1. The normalized spacial score (nSPS) is 13.0. The monoisotopic (exact) mass is 252 g/mol. The number of hydrogen-bond donors (Lipinski definition) is 1. The van der Waals surface area contributed by atoms with Crippen molar-refractivity contribution < 1.29 is 9.47 Å². The first-order chi connectivity index (χ1) is 7.81. The first-order valence-corrected chi connectivity index (χ1v) is 5.97. The van der Waals surface area contributed by atoms with Gasteiger partial charge in [0.25, 0.3) is 0 Å². The van der Waals surface area contributed by atoms with Crippen LogP contribution in [0.5, 0.6) is 11.5 Å². The topological polar surface area (TPSA) is 47.1 Å². The van der Waals surface area contributed by atoms with Gasteiger partial charge in [-0.1, -0.05) is 17.4 Å². The van der Waals surface area contributed by atoms with Gasteiger partial charge in [-0.25, -0.2) is 0 Å². The Morgan fingerprint density at radius 2 is 2.25 bits per heavy atom. The van der Waals surface area contributed by atoms with Crippen LogP contribution >= 0.6 is 23.6 Å². The number of H-pyrrole nitrogens is 1. The van der Waals surface area contributed by atoms with E-state index < -0.39 is 0 Å². The molecule has 82 valence electrons. The van der Waals surface area contributed by atoms with Crippen LogP contribution in [-0.2, 0) is 6.42 Å². The first kappa shape index (κ1) is 9.80. The quantitative estimate of drug-likeness (QED) is 0.834. The Balaban J connectivity index is 1.88. The average molecular weight is 252 g/mol. The molecular weight excluding hydrogens is 244 g/mol. The second-order valence-electron chi connectivity index (χ2n) is 3.37. The first-order valence-electron chi connectivity index (χ1n) is 4.74. The maximum Gasteiger partial charge on any atom is 0.231 e. The molecule has 6 heteroatoms. The van der Waals surface area contributed by atoms with Gasteiger partial charge in [-0.3, -0.25) is 5.10 Å². The average Bonchev–Trinajstić information content (AvgIpc) is 2.87. The zero-order chi connectivity index (χ0) is 11.0. The van der Waals surface area contributed by atoms with Crippen LogP contribution in [0.2, 0.25) is 0 Å². The number of rotatable bonds is 2. The van der Waals surface area contributed by atoms with Crippen molar-refractivity contribution in [2.24, 2.45) is 0 Å². The fourth-order valence-corrected chi connectivity index (χ4v) is 2.53. The second-order valence-corrected chi connectivity index (χ2v) is 5.12. The number of nitrogens with zero attached hydrogens (tertiary/aromatic N) is 1. The molecule has 0 radical (unpaired) electrons. The van der Waals surface area contributed by atoms with Crippen molar-refractivity contribution in [2.45, 2.75) is 6.42 Å². The molecule has 16 heavy (non-hydrogen) atoms. The van der Waals surface area contributed by atoms with Crippen LogP contribution < -0.4 is 9.47 Å². The molecule has 3 rings (SSSR count). The Kier molecular flexibility index (Phi) is 2.37.